The Morgan fingerprint density at radius 3 is 2.74 bits per heavy atom. The van der Waals surface area contributed by atoms with Gasteiger partial charge in [-0.1, -0.05) is 36.2 Å². The predicted octanol–water partition coefficient (Wildman–Crippen LogP) is 4.36. The highest BCUT2D eigenvalue weighted by atomic mass is 35.5. The van der Waals surface area contributed by atoms with Crippen LogP contribution in [0.15, 0.2) is 24.3 Å². The second-order valence-electron chi connectivity index (χ2n) is 5.23. The number of nitrogens with one attached hydrogen (secondary N) is 2. The Labute approximate surface area is 145 Å². The lowest BCUT2D eigenvalue weighted by Crippen LogP contribution is -2.32. The fourth-order valence-electron chi connectivity index (χ4n) is 1.86. The van der Waals surface area contributed by atoms with Crippen LogP contribution < -0.4 is 10.6 Å². The summed E-state index contributed by atoms with van der Waals surface area (Å²) in [4.78, 5) is 20.7. The Kier molecular flexibility index (Phi) is 5.80. The summed E-state index contributed by atoms with van der Waals surface area (Å²) in [5, 5.41) is 6.69. The number of hydrogen-bond acceptors (Lipinski definition) is 4. The molecule has 0 saturated heterocycles. The summed E-state index contributed by atoms with van der Waals surface area (Å²) in [5.74, 6) is 0.0635. The molecule has 2 aromatic rings. The van der Waals surface area contributed by atoms with Crippen molar-refractivity contribution < 1.29 is 4.79 Å². The molecule has 1 aromatic heterocycles. The van der Waals surface area contributed by atoms with Gasteiger partial charge in [0.05, 0.1) is 15.7 Å². The van der Waals surface area contributed by atoms with Crippen LogP contribution in [0.2, 0.25) is 10.0 Å². The molecular weight excluding hydrogens is 335 g/mol. The number of hydrogen-bond donors (Lipinski definition) is 2. The van der Waals surface area contributed by atoms with E-state index in [1.807, 2.05) is 13.8 Å². The molecule has 0 aliphatic rings. The zero-order valence-corrected chi connectivity index (χ0v) is 14.7. The highest BCUT2D eigenvalue weighted by Gasteiger charge is 2.13. The van der Waals surface area contributed by atoms with E-state index >= 15 is 0 Å². The number of nitrogens with zero attached hydrogens (tertiary/aromatic N) is 2. The Morgan fingerprint density at radius 2 is 2.04 bits per heavy atom. The van der Waals surface area contributed by atoms with Crippen molar-refractivity contribution in [3.05, 3.63) is 45.7 Å². The molecule has 0 bridgehead atoms. The summed E-state index contributed by atoms with van der Waals surface area (Å²) in [6.45, 7) is 5.74. The third-order valence-corrected chi connectivity index (χ3v) is 4.09. The first-order valence-electron chi connectivity index (χ1n) is 7.28. The third-order valence-electron chi connectivity index (χ3n) is 3.27. The monoisotopic (exact) mass is 352 g/mol. The first kappa shape index (κ1) is 17.5. The van der Waals surface area contributed by atoms with Crippen LogP contribution in [0.3, 0.4) is 0 Å². The van der Waals surface area contributed by atoms with Crippen molar-refractivity contribution in [2.45, 2.75) is 33.2 Å². The van der Waals surface area contributed by atoms with E-state index < -0.39 is 0 Å². The van der Waals surface area contributed by atoms with Crippen LogP contribution in [-0.2, 0) is 0 Å². The Bertz CT molecular complexity index is 721. The van der Waals surface area contributed by atoms with Crippen LogP contribution in [0.25, 0.3) is 0 Å². The molecule has 0 aliphatic heterocycles. The number of carbonyl (C=O) groups is 1. The molecule has 1 aromatic carbocycles. The lowest BCUT2D eigenvalue weighted by Gasteiger charge is -2.13. The smallest absolute Gasteiger partial charge is 0.270 e. The minimum Gasteiger partial charge on any atom is -0.348 e. The molecule has 1 atom stereocenters. The van der Waals surface area contributed by atoms with E-state index in [1.54, 1.807) is 31.2 Å². The van der Waals surface area contributed by atoms with Crippen molar-refractivity contribution in [1.29, 1.82) is 0 Å². The minimum atomic E-state index is -0.231. The Balaban J connectivity index is 2.27. The first-order chi connectivity index (χ1) is 10.9. The van der Waals surface area contributed by atoms with Gasteiger partial charge in [-0.3, -0.25) is 4.79 Å². The first-order valence-corrected chi connectivity index (χ1v) is 8.04. The normalized spacial score (nSPS) is 11.9. The molecule has 0 spiro atoms. The van der Waals surface area contributed by atoms with Crippen LogP contribution >= 0.6 is 23.2 Å². The van der Waals surface area contributed by atoms with Crippen molar-refractivity contribution in [3.8, 4) is 0 Å². The second kappa shape index (κ2) is 7.62. The number of halogens is 2. The molecule has 23 heavy (non-hydrogen) atoms. The summed E-state index contributed by atoms with van der Waals surface area (Å²) < 4.78 is 0. The molecule has 1 heterocycles. The summed E-state index contributed by atoms with van der Waals surface area (Å²) in [6.07, 6.45) is 0.846. The zero-order valence-electron chi connectivity index (χ0n) is 13.2. The molecule has 2 rings (SSSR count). The van der Waals surface area contributed by atoms with Crippen LogP contribution in [0.4, 0.5) is 11.6 Å². The predicted molar refractivity (Wildman–Crippen MR) is 93.7 cm³/mol. The second-order valence-corrected chi connectivity index (χ2v) is 6.01. The van der Waals surface area contributed by atoms with Gasteiger partial charge in [0.1, 0.15) is 5.69 Å². The molecule has 1 unspecified atom stereocenters. The molecule has 0 fully saturated rings. The van der Waals surface area contributed by atoms with Crippen molar-refractivity contribution in [2.75, 3.05) is 5.32 Å². The zero-order chi connectivity index (χ0) is 17.0. The largest absolute Gasteiger partial charge is 0.348 e. The van der Waals surface area contributed by atoms with Gasteiger partial charge in [0.15, 0.2) is 0 Å². The van der Waals surface area contributed by atoms with Gasteiger partial charge in [0, 0.05) is 11.7 Å². The van der Waals surface area contributed by atoms with Gasteiger partial charge in [-0.25, -0.2) is 9.97 Å². The summed E-state index contributed by atoms with van der Waals surface area (Å²) >= 11 is 12.1. The Morgan fingerprint density at radius 1 is 1.30 bits per heavy atom. The van der Waals surface area contributed by atoms with Crippen molar-refractivity contribution >= 4 is 40.7 Å². The van der Waals surface area contributed by atoms with Crippen LogP contribution in [0, 0.1) is 6.92 Å². The topological polar surface area (TPSA) is 66.9 Å². The van der Waals surface area contributed by atoms with Crippen molar-refractivity contribution in [3.63, 3.8) is 0 Å². The molecule has 0 aliphatic carbocycles. The van der Waals surface area contributed by atoms with E-state index in [1.165, 1.54) is 0 Å². The van der Waals surface area contributed by atoms with E-state index in [4.69, 9.17) is 23.2 Å². The van der Waals surface area contributed by atoms with E-state index in [0.717, 1.165) is 6.42 Å². The Hall–Kier alpha value is -1.85. The molecule has 1 amide bonds. The van der Waals surface area contributed by atoms with Crippen LogP contribution in [0.5, 0.6) is 0 Å². The highest BCUT2D eigenvalue weighted by Crippen LogP contribution is 2.30. The van der Waals surface area contributed by atoms with Crippen molar-refractivity contribution in [2.24, 2.45) is 0 Å². The number of rotatable bonds is 5. The SMILES string of the molecule is CCC(C)NC(=O)c1cc(C)nc(Nc2cccc(Cl)c2Cl)n1. The summed E-state index contributed by atoms with van der Waals surface area (Å²) in [5.41, 5.74) is 1.56. The van der Waals surface area contributed by atoms with E-state index in [2.05, 4.69) is 20.6 Å². The molecule has 5 nitrogen and oxygen atoms in total. The summed E-state index contributed by atoms with van der Waals surface area (Å²) in [6, 6.07) is 6.94. The van der Waals surface area contributed by atoms with Crippen LogP contribution in [0.1, 0.15) is 36.5 Å². The van der Waals surface area contributed by atoms with E-state index in [-0.39, 0.29) is 11.9 Å². The lowest BCUT2D eigenvalue weighted by molar-refractivity contribution is 0.0934. The van der Waals surface area contributed by atoms with Crippen molar-refractivity contribution in [1.82, 2.24) is 15.3 Å². The third kappa shape index (κ3) is 4.56. The number of aromatic nitrogens is 2. The quantitative estimate of drug-likeness (QED) is 0.838. The number of anilines is 2. The number of aryl methyl sites for hydroxylation is 1. The molecular formula is C16H18Cl2N4O. The van der Waals surface area contributed by atoms with E-state index in [0.29, 0.717) is 33.1 Å². The average molecular weight is 353 g/mol. The molecule has 2 N–H and O–H groups in total. The molecule has 0 radical (unpaired) electrons. The lowest BCUT2D eigenvalue weighted by atomic mass is 10.2. The fourth-order valence-corrected chi connectivity index (χ4v) is 2.21. The maximum absolute atomic E-state index is 12.2. The fraction of sp³-hybridized carbons (Fsp3) is 0.312. The van der Waals surface area contributed by atoms with Gasteiger partial charge in [-0.2, -0.15) is 0 Å². The van der Waals surface area contributed by atoms with Gasteiger partial charge >= 0.3 is 0 Å². The maximum Gasteiger partial charge on any atom is 0.270 e. The number of amides is 1. The van der Waals surface area contributed by atoms with Gasteiger partial charge in [-0.05, 0) is 38.5 Å². The van der Waals surface area contributed by atoms with Gasteiger partial charge in [0.25, 0.3) is 5.91 Å². The summed E-state index contributed by atoms with van der Waals surface area (Å²) in [7, 11) is 0. The maximum atomic E-state index is 12.2. The number of benzene rings is 1. The van der Waals surface area contributed by atoms with Gasteiger partial charge < -0.3 is 10.6 Å². The highest BCUT2D eigenvalue weighted by molar-refractivity contribution is 6.43. The van der Waals surface area contributed by atoms with E-state index in [9.17, 15) is 4.79 Å². The average Bonchev–Trinajstić information content (AvgIpc) is 2.51. The molecule has 122 valence electrons. The minimum absolute atomic E-state index is 0.0801. The van der Waals surface area contributed by atoms with Gasteiger partial charge in [-0.15, -0.1) is 0 Å². The standard InChI is InChI=1S/C16H18Cl2N4O/c1-4-9(2)19-15(23)13-8-10(3)20-16(22-13)21-12-7-5-6-11(17)14(12)18/h5-9H,4H2,1-3H3,(H,19,23)(H,20,21,22). The molecule has 7 heteroatoms. The molecule has 0 saturated carbocycles. The number of carbonyl (C=O) groups excluding carboxylic acids is 1. The van der Waals surface area contributed by atoms with Gasteiger partial charge in [0.2, 0.25) is 5.95 Å². The van der Waals surface area contributed by atoms with Crippen LogP contribution in [-0.4, -0.2) is 21.9 Å².